The predicted octanol–water partition coefficient (Wildman–Crippen LogP) is -1.32. The van der Waals surface area contributed by atoms with Crippen LogP contribution in [0.5, 0.6) is 0 Å². The van der Waals surface area contributed by atoms with E-state index in [4.69, 9.17) is 4.74 Å². The van der Waals surface area contributed by atoms with Crippen LogP contribution in [0.2, 0.25) is 0 Å². The maximum absolute atomic E-state index is 13.2. The summed E-state index contributed by atoms with van der Waals surface area (Å²) >= 11 is 1.40. The summed E-state index contributed by atoms with van der Waals surface area (Å²) in [7, 11) is 3.38. The molecule has 0 aromatic carbocycles. The van der Waals surface area contributed by atoms with Crippen LogP contribution in [0.1, 0.15) is 37.8 Å². The van der Waals surface area contributed by atoms with Crippen LogP contribution >= 0.6 is 11.8 Å². The zero-order chi connectivity index (χ0) is 28.6. The van der Waals surface area contributed by atoms with Crippen LogP contribution in [0.25, 0.3) is 0 Å². The highest BCUT2D eigenvalue weighted by atomic mass is 32.2. The molecule has 0 bridgehead atoms. The second kappa shape index (κ2) is 11.3. The number of hydrogen-bond donors (Lipinski definition) is 3. The zero-order valence-corrected chi connectivity index (χ0v) is 23.1. The number of ether oxygens (including phenoxy) is 1. The highest BCUT2D eigenvalue weighted by molar-refractivity contribution is 8.03. The molecule has 3 N–H and O–H groups in total. The summed E-state index contributed by atoms with van der Waals surface area (Å²) in [6, 6.07) is -1.39. The van der Waals surface area contributed by atoms with Crippen molar-refractivity contribution >= 4 is 41.4 Å². The summed E-state index contributed by atoms with van der Waals surface area (Å²) in [5, 5.41) is 26.6. The molecule has 0 radical (unpaired) electrons. The number of esters is 1. The van der Waals surface area contributed by atoms with Gasteiger partial charge in [0.25, 0.3) is 5.82 Å². The summed E-state index contributed by atoms with van der Waals surface area (Å²) in [5.41, 5.74) is -0.0348. The van der Waals surface area contributed by atoms with Crippen molar-refractivity contribution in [3.8, 4) is 0 Å². The van der Waals surface area contributed by atoms with E-state index in [9.17, 15) is 29.1 Å². The molecule has 15 nitrogen and oxygen atoms in total. The number of rotatable bonds is 10. The third-order valence-corrected chi connectivity index (χ3v) is 8.64. The largest absolute Gasteiger partial charge is 0.477 e. The molecule has 3 aliphatic rings. The quantitative estimate of drug-likeness (QED) is 0.225. The Balaban J connectivity index is 1.42. The van der Waals surface area contributed by atoms with Gasteiger partial charge >= 0.3 is 11.9 Å². The summed E-state index contributed by atoms with van der Waals surface area (Å²) < 4.78 is 5.89. The molecule has 3 amide bonds. The normalized spacial score (nSPS) is 26.6. The van der Waals surface area contributed by atoms with Crippen LogP contribution in [0.4, 0.5) is 0 Å². The average Bonchev–Trinajstić information content (AvgIpc) is 3.57. The van der Waals surface area contributed by atoms with E-state index in [0.717, 1.165) is 4.68 Å². The predicted molar refractivity (Wildman–Crippen MR) is 136 cm³/mol. The number of carboxylic acid groups (broad SMARTS) is 1. The van der Waals surface area contributed by atoms with Crippen molar-refractivity contribution in [2.24, 2.45) is 11.8 Å². The number of hydrogen-bond acceptors (Lipinski definition) is 11. The number of carbonyl (C=O) groups is 5. The lowest BCUT2D eigenvalue weighted by atomic mass is 9.78. The van der Waals surface area contributed by atoms with E-state index >= 15 is 0 Å². The number of fused-ring (bicyclic) bond motifs is 1. The lowest BCUT2D eigenvalue weighted by molar-refractivity contribution is -0.158. The molecule has 1 unspecified atom stereocenters. The Bertz CT molecular complexity index is 1220. The molecule has 6 atom stereocenters. The molecule has 2 saturated heterocycles. The Morgan fingerprint density at radius 2 is 2.03 bits per heavy atom. The van der Waals surface area contributed by atoms with Crippen molar-refractivity contribution in [3.63, 3.8) is 0 Å². The van der Waals surface area contributed by atoms with Crippen molar-refractivity contribution in [1.29, 1.82) is 0 Å². The van der Waals surface area contributed by atoms with E-state index < -0.39 is 35.8 Å². The Kier molecular flexibility index (Phi) is 8.25. The van der Waals surface area contributed by atoms with Gasteiger partial charge in [0, 0.05) is 42.8 Å². The standard InChI is InChI=1S/C23H32N8O7S/c1-6-38-23(37)19-26-27-28-30(19)9-14(32)25-11(3)15-16-10(2)18(17(22(35)36)31(16)21(15)34)39-12-7-13(24-8-12)20(33)29(4)5/h10-13,15-16,24H,6-9H2,1-5H3,(H,25,32)(H,35,36)/t10-,11?,12+,13+,15-,16-/m1/s1. The maximum atomic E-state index is 13.2. The van der Waals surface area contributed by atoms with Gasteiger partial charge in [-0.2, -0.15) is 0 Å². The highest BCUT2D eigenvalue weighted by Gasteiger charge is 2.60. The number of aromatic nitrogens is 4. The Morgan fingerprint density at radius 1 is 1.31 bits per heavy atom. The number of nitrogens with one attached hydrogen (secondary N) is 2. The van der Waals surface area contributed by atoms with E-state index in [1.807, 2.05) is 6.92 Å². The molecule has 0 saturated carbocycles. The van der Waals surface area contributed by atoms with Gasteiger partial charge in [0.2, 0.25) is 17.7 Å². The van der Waals surface area contributed by atoms with E-state index in [1.54, 1.807) is 27.9 Å². The minimum Gasteiger partial charge on any atom is -0.477 e. The van der Waals surface area contributed by atoms with E-state index in [0.29, 0.717) is 17.9 Å². The fraction of sp³-hybridized carbons (Fsp3) is 0.652. The molecular formula is C23H32N8O7S. The minimum atomic E-state index is -1.19. The molecule has 4 heterocycles. The van der Waals surface area contributed by atoms with Crippen LogP contribution in [-0.4, -0.2) is 115 Å². The minimum absolute atomic E-state index is 0.0278. The molecule has 0 aliphatic carbocycles. The van der Waals surface area contributed by atoms with E-state index in [-0.39, 0.29) is 53.7 Å². The number of β-lactam (4-membered cyclic amide) rings is 1. The molecular weight excluding hydrogens is 532 g/mol. The Labute approximate surface area is 228 Å². The zero-order valence-electron chi connectivity index (χ0n) is 22.3. The first-order valence-corrected chi connectivity index (χ1v) is 13.5. The maximum Gasteiger partial charge on any atom is 0.378 e. The molecule has 2 fully saturated rings. The first kappa shape index (κ1) is 28.5. The van der Waals surface area contributed by atoms with Crippen LogP contribution in [-0.2, 0) is 30.5 Å². The number of likely N-dealkylation sites (N-methyl/N-ethyl adjacent to an activating group) is 1. The first-order valence-electron chi connectivity index (χ1n) is 12.6. The van der Waals surface area contributed by atoms with Crippen LogP contribution in [0.3, 0.4) is 0 Å². The molecule has 1 aromatic heterocycles. The Hall–Kier alpha value is -3.53. The third kappa shape index (κ3) is 5.34. The van der Waals surface area contributed by atoms with Gasteiger partial charge in [0.05, 0.1) is 24.6 Å². The first-order chi connectivity index (χ1) is 18.5. The number of aliphatic carboxylic acids is 1. The van der Waals surface area contributed by atoms with Gasteiger partial charge in [-0.3, -0.25) is 14.4 Å². The third-order valence-electron chi connectivity index (χ3n) is 7.13. The van der Waals surface area contributed by atoms with Crippen molar-refractivity contribution in [2.75, 3.05) is 27.2 Å². The molecule has 39 heavy (non-hydrogen) atoms. The number of tetrazole rings is 1. The summed E-state index contributed by atoms with van der Waals surface area (Å²) in [5.74, 6) is -4.03. The fourth-order valence-electron chi connectivity index (χ4n) is 5.35. The summed E-state index contributed by atoms with van der Waals surface area (Å²) in [6.45, 7) is 5.48. The molecule has 212 valence electrons. The molecule has 0 spiro atoms. The van der Waals surface area contributed by atoms with Gasteiger partial charge in [0.15, 0.2) is 0 Å². The smallest absolute Gasteiger partial charge is 0.378 e. The van der Waals surface area contributed by atoms with E-state index in [2.05, 4.69) is 26.2 Å². The van der Waals surface area contributed by atoms with Gasteiger partial charge in [-0.25, -0.2) is 14.3 Å². The second-order valence-corrected chi connectivity index (χ2v) is 11.3. The van der Waals surface area contributed by atoms with Crippen molar-refractivity contribution in [3.05, 3.63) is 16.4 Å². The highest BCUT2D eigenvalue weighted by Crippen LogP contribution is 2.51. The van der Waals surface area contributed by atoms with Crippen molar-refractivity contribution in [1.82, 2.24) is 40.6 Å². The fourth-order valence-corrected chi connectivity index (χ4v) is 6.83. The average molecular weight is 565 g/mol. The molecule has 16 heteroatoms. The second-order valence-electron chi connectivity index (χ2n) is 9.94. The van der Waals surface area contributed by atoms with Crippen molar-refractivity contribution < 1.29 is 33.8 Å². The van der Waals surface area contributed by atoms with Gasteiger partial charge in [-0.05, 0) is 30.7 Å². The van der Waals surface area contributed by atoms with Gasteiger partial charge in [-0.15, -0.1) is 16.9 Å². The molecule has 4 rings (SSSR count). The number of thioether (sulfide) groups is 1. The van der Waals surface area contributed by atoms with Crippen molar-refractivity contribution in [2.45, 2.75) is 57.1 Å². The Morgan fingerprint density at radius 3 is 2.67 bits per heavy atom. The molecule has 1 aromatic rings. The van der Waals surface area contributed by atoms with Gasteiger partial charge < -0.3 is 30.3 Å². The van der Waals surface area contributed by atoms with Crippen LogP contribution in [0, 0.1) is 11.8 Å². The topological polar surface area (TPSA) is 189 Å². The summed E-state index contributed by atoms with van der Waals surface area (Å²) in [4.78, 5) is 65.9. The number of amides is 3. The van der Waals surface area contributed by atoms with E-state index in [1.165, 1.54) is 21.6 Å². The number of carboxylic acids is 1. The molecule has 3 aliphatic heterocycles. The number of nitrogens with zero attached hydrogens (tertiary/aromatic N) is 6. The van der Waals surface area contributed by atoms with Crippen LogP contribution in [0.15, 0.2) is 10.6 Å². The lowest BCUT2D eigenvalue weighted by Gasteiger charge is -2.47. The monoisotopic (exact) mass is 564 g/mol. The summed E-state index contributed by atoms with van der Waals surface area (Å²) in [6.07, 6.45) is 0.546. The van der Waals surface area contributed by atoms with Crippen LogP contribution < -0.4 is 10.6 Å². The van der Waals surface area contributed by atoms with Gasteiger partial charge in [0.1, 0.15) is 12.2 Å². The SMILES string of the molecule is CCOC(=O)c1nnnn1CC(=O)NC(C)[C@H]1C(=O)N2C(C(=O)O)=C(S[C@@H]3CN[C@H](C(=O)N(C)C)C3)[C@H](C)[C@H]12. The lowest BCUT2D eigenvalue weighted by Crippen LogP contribution is -2.66. The number of carbonyl (C=O) groups excluding carboxylic acids is 4. The van der Waals surface area contributed by atoms with Gasteiger partial charge in [-0.1, -0.05) is 6.92 Å².